The quantitative estimate of drug-likeness (QED) is 0.496. The van der Waals surface area contributed by atoms with Crippen molar-refractivity contribution in [2.24, 2.45) is 16.9 Å². The lowest BCUT2D eigenvalue weighted by atomic mass is 9.96. The van der Waals surface area contributed by atoms with E-state index >= 15 is 0 Å². The van der Waals surface area contributed by atoms with Crippen LogP contribution >= 0.6 is 35.4 Å². The van der Waals surface area contributed by atoms with E-state index in [4.69, 9.17) is 35.4 Å². The fourth-order valence-electron chi connectivity index (χ4n) is 3.38. The molecule has 2 saturated carbocycles. The summed E-state index contributed by atoms with van der Waals surface area (Å²) in [4.78, 5) is 0. The Bertz CT molecular complexity index is 576. The molecule has 2 bridgehead atoms. The largest absolute Gasteiger partial charge is 0.358 e. The fourth-order valence-corrected chi connectivity index (χ4v) is 3.89. The van der Waals surface area contributed by atoms with Crippen LogP contribution in [0.5, 0.6) is 0 Å². The number of nitrogens with one attached hydrogen (secondary N) is 2. The molecular weight excluding hydrogens is 325 g/mol. The lowest BCUT2D eigenvalue weighted by molar-refractivity contribution is 0.389. The van der Waals surface area contributed by atoms with Gasteiger partial charge in [0.1, 0.15) is 0 Å². The molecule has 0 saturated heterocycles. The van der Waals surface area contributed by atoms with Crippen LogP contribution in [0.1, 0.15) is 31.2 Å². The number of nitrogens with zero attached hydrogens (tertiary/aromatic N) is 1. The topological polar surface area (TPSA) is 36.4 Å². The summed E-state index contributed by atoms with van der Waals surface area (Å²) in [5.41, 5.74) is 3.74. The normalized spacial score (nSPS) is 27.2. The fraction of sp³-hybridized carbons (Fsp3) is 0.467. The monoisotopic (exact) mass is 341 g/mol. The van der Waals surface area contributed by atoms with Gasteiger partial charge in [0, 0.05) is 6.04 Å². The molecule has 3 atom stereocenters. The predicted molar refractivity (Wildman–Crippen MR) is 92.2 cm³/mol. The maximum atomic E-state index is 5.95. The van der Waals surface area contributed by atoms with Gasteiger partial charge in [-0.05, 0) is 61.0 Å². The number of hydrogen-bond acceptors (Lipinski definition) is 2. The van der Waals surface area contributed by atoms with E-state index in [1.165, 1.54) is 25.7 Å². The standard InChI is InChI=1S/C15H17Cl2N3S/c16-12-4-2-10(6-13(12)17)8-18-20-15(21)19-14-7-9-1-3-11(14)5-9/h2,4,6,8-9,11,14H,1,3,5,7H2,(H2,19,20,21)/b18-8-/t9-,11-,14+/m0/s1. The van der Waals surface area contributed by atoms with Gasteiger partial charge in [-0.2, -0.15) is 5.10 Å². The van der Waals surface area contributed by atoms with Gasteiger partial charge in [-0.1, -0.05) is 35.7 Å². The van der Waals surface area contributed by atoms with Crippen molar-refractivity contribution in [3.63, 3.8) is 0 Å². The summed E-state index contributed by atoms with van der Waals surface area (Å²) in [6, 6.07) is 5.88. The zero-order valence-electron chi connectivity index (χ0n) is 11.5. The van der Waals surface area contributed by atoms with Crippen LogP contribution in [0.25, 0.3) is 0 Å². The Kier molecular flexibility index (Phi) is 4.67. The summed E-state index contributed by atoms with van der Waals surface area (Å²) in [5.74, 6) is 1.68. The minimum atomic E-state index is 0.517. The van der Waals surface area contributed by atoms with E-state index in [1.807, 2.05) is 6.07 Å². The Morgan fingerprint density at radius 1 is 1.24 bits per heavy atom. The Hall–Kier alpha value is -0.840. The molecular formula is C15H17Cl2N3S. The van der Waals surface area contributed by atoms with Gasteiger partial charge in [-0.15, -0.1) is 0 Å². The van der Waals surface area contributed by atoms with Gasteiger partial charge in [-0.3, -0.25) is 5.43 Å². The molecule has 3 rings (SSSR count). The molecule has 6 heteroatoms. The highest BCUT2D eigenvalue weighted by atomic mass is 35.5. The summed E-state index contributed by atoms with van der Waals surface area (Å²) in [6.45, 7) is 0. The maximum Gasteiger partial charge on any atom is 0.187 e. The van der Waals surface area contributed by atoms with Crippen molar-refractivity contribution in [2.45, 2.75) is 31.7 Å². The van der Waals surface area contributed by atoms with Gasteiger partial charge in [-0.25, -0.2) is 0 Å². The summed E-state index contributed by atoms with van der Waals surface area (Å²) < 4.78 is 0. The number of halogens is 2. The Balaban J connectivity index is 1.49. The highest BCUT2D eigenvalue weighted by Gasteiger charge is 2.39. The molecule has 2 fully saturated rings. The van der Waals surface area contributed by atoms with Crippen molar-refractivity contribution in [3.8, 4) is 0 Å². The molecule has 2 N–H and O–H groups in total. The lowest BCUT2D eigenvalue weighted by Gasteiger charge is -2.23. The number of fused-ring (bicyclic) bond motifs is 2. The van der Waals surface area contributed by atoms with Gasteiger partial charge in [0.25, 0.3) is 0 Å². The van der Waals surface area contributed by atoms with E-state index in [0.29, 0.717) is 21.2 Å². The average Bonchev–Trinajstić information content (AvgIpc) is 3.05. The Morgan fingerprint density at radius 3 is 2.76 bits per heavy atom. The second-order valence-corrected chi connectivity index (χ2v) is 7.02. The van der Waals surface area contributed by atoms with E-state index in [-0.39, 0.29) is 0 Å². The molecule has 2 aliphatic rings. The third kappa shape index (κ3) is 3.68. The van der Waals surface area contributed by atoms with E-state index in [2.05, 4.69) is 15.8 Å². The predicted octanol–water partition coefficient (Wildman–Crippen LogP) is 3.98. The molecule has 0 unspecified atom stereocenters. The highest BCUT2D eigenvalue weighted by molar-refractivity contribution is 7.80. The Morgan fingerprint density at radius 2 is 2.10 bits per heavy atom. The number of benzene rings is 1. The van der Waals surface area contributed by atoms with Crippen LogP contribution in [0.15, 0.2) is 23.3 Å². The van der Waals surface area contributed by atoms with Crippen molar-refractivity contribution < 1.29 is 0 Å². The third-order valence-corrected chi connectivity index (χ3v) is 5.33. The summed E-state index contributed by atoms with van der Waals surface area (Å²) >= 11 is 17.1. The first-order valence-corrected chi connectivity index (χ1v) is 8.33. The molecule has 0 heterocycles. The highest BCUT2D eigenvalue weighted by Crippen LogP contribution is 2.44. The Labute approximate surface area is 140 Å². The minimum Gasteiger partial charge on any atom is -0.358 e. The van der Waals surface area contributed by atoms with E-state index in [1.54, 1.807) is 18.3 Å². The molecule has 0 spiro atoms. The van der Waals surface area contributed by atoms with E-state index in [0.717, 1.165) is 17.4 Å². The van der Waals surface area contributed by atoms with Gasteiger partial charge in [0.15, 0.2) is 5.11 Å². The van der Waals surface area contributed by atoms with Crippen LogP contribution in [0.2, 0.25) is 10.0 Å². The second kappa shape index (κ2) is 6.51. The van der Waals surface area contributed by atoms with Crippen LogP contribution in [0.3, 0.4) is 0 Å². The van der Waals surface area contributed by atoms with Gasteiger partial charge in [0.05, 0.1) is 16.3 Å². The summed E-state index contributed by atoms with van der Waals surface area (Å²) in [6.07, 6.45) is 6.99. The van der Waals surface area contributed by atoms with Crippen LogP contribution in [0.4, 0.5) is 0 Å². The first-order valence-electron chi connectivity index (χ1n) is 7.16. The first-order chi connectivity index (χ1) is 10.1. The number of rotatable bonds is 3. The van der Waals surface area contributed by atoms with E-state index < -0.39 is 0 Å². The van der Waals surface area contributed by atoms with Crippen LogP contribution in [-0.4, -0.2) is 17.4 Å². The van der Waals surface area contributed by atoms with Crippen molar-refractivity contribution in [2.75, 3.05) is 0 Å². The molecule has 1 aromatic rings. The average molecular weight is 342 g/mol. The lowest BCUT2D eigenvalue weighted by Crippen LogP contribution is -2.42. The van der Waals surface area contributed by atoms with Gasteiger partial charge < -0.3 is 5.32 Å². The minimum absolute atomic E-state index is 0.517. The van der Waals surface area contributed by atoms with Crippen LogP contribution in [0, 0.1) is 11.8 Å². The van der Waals surface area contributed by atoms with E-state index in [9.17, 15) is 0 Å². The third-order valence-electron chi connectivity index (χ3n) is 4.38. The molecule has 3 nitrogen and oxygen atoms in total. The summed E-state index contributed by atoms with van der Waals surface area (Å²) in [5, 5.41) is 9.15. The SMILES string of the molecule is S=C(N/N=C\c1ccc(Cl)c(Cl)c1)N[C@@H]1C[C@H]2CC[C@H]1C2. The number of hydrogen-bond donors (Lipinski definition) is 2. The molecule has 112 valence electrons. The molecule has 0 aliphatic heterocycles. The maximum absolute atomic E-state index is 5.95. The second-order valence-electron chi connectivity index (χ2n) is 5.80. The molecule has 1 aromatic carbocycles. The van der Waals surface area contributed by atoms with Gasteiger partial charge in [0.2, 0.25) is 0 Å². The molecule has 0 radical (unpaired) electrons. The van der Waals surface area contributed by atoms with Crippen molar-refractivity contribution >= 4 is 46.7 Å². The van der Waals surface area contributed by atoms with Crippen LogP contribution < -0.4 is 10.7 Å². The van der Waals surface area contributed by atoms with Crippen molar-refractivity contribution in [1.29, 1.82) is 0 Å². The number of hydrazone groups is 1. The first kappa shape index (κ1) is 15.1. The van der Waals surface area contributed by atoms with Crippen molar-refractivity contribution in [3.05, 3.63) is 33.8 Å². The smallest absolute Gasteiger partial charge is 0.187 e. The summed E-state index contributed by atoms with van der Waals surface area (Å²) in [7, 11) is 0. The zero-order valence-corrected chi connectivity index (χ0v) is 13.8. The van der Waals surface area contributed by atoms with Crippen LogP contribution in [-0.2, 0) is 0 Å². The van der Waals surface area contributed by atoms with Crippen molar-refractivity contribution in [1.82, 2.24) is 10.7 Å². The zero-order chi connectivity index (χ0) is 14.8. The number of thiocarbonyl (C=S) groups is 1. The molecule has 2 aliphatic carbocycles. The molecule has 21 heavy (non-hydrogen) atoms. The molecule has 0 aromatic heterocycles. The molecule has 0 amide bonds. The van der Waals surface area contributed by atoms with Gasteiger partial charge >= 0.3 is 0 Å².